The largest absolute Gasteiger partial charge is 0.409 e. The highest BCUT2D eigenvalue weighted by Gasteiger charge is 2.31. The normalized spacial score (nSPS) is 29.4. The lowest BCUT2D eigenvalue weighted by atomic mass is 9.68. The van der Waals surface area contributed by atoms with E-state index >= 15 is 0 Å². The van der Waals surface area contributed by atoms with Crippen molar-refractivity contribution in [3.63, 3.8) is 0 Å². The summed E-state index contributed by atoms with van der Waals surface area (Å²) in [6.07, 6.45) is 6.21. The van der Waals surface area contributed by atoms with Crippen molar-refractivity contribution in [3.8, 4) is 0 Å². The molecule has 2 saturated carbocycles. The molecule has 0 nitrogen and oxygen atoms in total. The lowest BCUT2D eigenvalue weighted by Gasteiger charge is -2.38. The predicted octanol–water partition coefficient (Wildman–Crippen LogP) is 8.03. The van der Waals surface area contributed by atoms with Gasteiger partial charge in [0, 0.05) is 11.6 Å². The van der Waals surface area contributed by atoms with E-state index in [1.807, 2.05) is 0 Å². The van der Waals surface area contributed by atoms with Gasteiger partial charge < -0.3 is 0 Å². The van der Waals surface area contributed by atoms with Gasteiger partial charge in [0.1, 0.15) is 11.6 Å². The number of alkyl halides is 3. The van der Waals surface area contributed by atoms with Gasteiger partial charge in [-0.3, -0.25) is 0 Å². The Morgan fingerprint density at radius 1 is 0.857 bits per heavy atom. The smallest absolute Gasteiger partial charge is 0.206 e. The minimum Gasteiger partial charge on any atom is -0.206 e. The van der Waals surface area contributed by atoms with Gasteiger partial charge in [0.2, 0.25) is 0 Å². The van der Waals surface area contributed by atoms with E-state index in [0.29, 0.717) is 17.6 Å². The first-order chi connectivity index (χ1) is 13.3. The fourth-order valence-corrected chi connectivity index (χ4v) is 5.17. The van der Waals surface area contributed by atoms with Crippen LogP contribution in [0.3, 0.4) is 0 Å². The first-order valence-corrected chi connectivity index (χ1v) is 10.5. The molecule has 0 N–H and O–H groups in total. The standard InChI is InChI=1S/C23H29F5/c1-2-15-3-5-16(6-4-15)17-7-9-18(10-8-17)19-13-21(24)20(22(25)14-19)11-12-23(26,27)28/h11-18H,2-10H2,1H3. The summed E-state index contributed by atoms with van der Waals surface area (Å²) in [6, 6.07) is 2.44. The van der Waals surface area contributed by atoms with Crippen molar-refractivity contribution >= 4 is 6.08 Å². The Bertz CT molecular complexity index is 652. The Labute approximate surface area is 164 Å². The fourth-order valence-electron chi connectivity index (χ4n) is 5.17. The van der Waals surface area contributed by atoms with E-state index in [-0.39, 0.29) is 12.0 Å². The number of hydrogen-bond acceptors (Lipinski definition) is 0. The average molecular weight is 400 g/mol. The van der Waals surface area contributed by atoms with E-state index in [1.165, 1.54) is 44.2 Å². The maximum Gasteiger partial charge on any atom is 0.409 e. The Morgan fingerprint density at radius 2 is 1.36 bits per heavy atom. The summed E-state index contributed by atoms with van der Waals surface area (Å²) in [5, 5.41) is 0. The van der Waals surface area contributed by atoms with E-state index in [4.69, 9.17) is 0 Å². The Morgan fingerprint density at radius 3 is 1.82 bits per heavy atom. The van der Waals surface area contributed by atoms with Gasteiger partial charge in [-0.15, -0.1) is 0 Å². The van der Waals surface area contributed by atoms with Crippen LogP contribution in [0.5, 0.6) is 0 Å². The molecule has 2 aliphatic rings. The number of benzene rings is 1. The number of halogens is 5. The van der Waals surface area contributed by atoms with Crippen LogP contribution < -0.4 is 0 Å². The van der Waals surface area contributed by atoms with E-state index < -0.39 is 23.4 Å². The second-order valence-corrected chi connectivity index (χ2v) is 8.57. The quantitative estimate of drug-likeness (QED) is 0.449. The van der Waals surface area contributed by atoms with Crippen LogP contribution in [0, 0.1) is 29.4 Å². The molecule has 156 valence electrons. The van der Waals surface area contributed by atoms with Crippen LogP contribution in [-0.2, 0) is 0 Å². The summed E-state index contributed by atoms with van der Waals surface area (Å²) >= 11 is 0. The van der Waals surface area contributed by atoms with Gasteiger partial charge in [-0.25, -0.2) is 8.78 Å². The molecule has 2 fully saturated rings. The third kappa shape index (κ3) is 5.36. The number of hydrogen-bond donors (Lipinski definition) is 0. The maximum atomic E-state index is 14.2. The molecule has 0 aromatic heterocycles. The SMILES string of the molecule is CCC1CCC(C2CCC(c3cc(F)c(C=CC(F)(F)F)c(F)c3)CC2)CC1. The predicted molar refractivity (Wildman–Crippen MR) is 102 cm³/mol. The summed E-state index contributed by atoms with van der Waals surface area (Å²) in [7, 11) is 0. The zero-order valence-electron chi connectivity index (χ0n) is 16.4. The minimum atomic E-state index is -4.59. The molecule has 0 amide bonds. The zero-order chi connectivity index (χ0) is 20.3. The van der Waals surface area contributed by atoms with Gasteiger partial charge in [0.15, 0.2) is 0 Å². The second kappa shape index (κ2) is 8.96. The van der Waals surface area contributed by atoms with E-state index in [2.05, 4.69) is 6.92 Å². The molecular formula is C23H29F5. The van der Waals surface area contributed by atoms with Crippen LogP contribution in [0.1, 0.15) is 81.8 Å². The molecule has 0 spiro atoms. The van der Waals surface area contributed by atoms with Crippen molar-refractivity contribution in [2.75, 3.05) is 0 Å². The van der Waals surface area contributed by atoms with Crippen molar-refractivity contribution in [2.45, 2.75) is 76.8 Å². The molecule has 0 bridgehead atoms. The lowest BCUT2D eigenvalue weighted by molar-refractivity contribution is -0.0790. The summed E-state index contributed by atoms with van der Waals surface area (Å²) in [5.74, 6) is 0.618. The molecule has 1 aromatic rings. The van der Waals surface area contributed by atoms with Crippen LogP contribution in [0.4, 0.5) is 22.0 Å². The Kier molecular flexibility index (Phi) is 6.82. The highest BCUT2D eigenvalue weighted by atomic mass is 19.4. The Balaban J connectivity index is 1.61. The molecule has 5 heteroatoms. The number of rotatable bonds is 4. The maximum absolute atomic E-state index is 14.2. The summed E-state index contributed by atoms with van der Waals surface area (Å²) < 4.78 is 65.3. The molecule has 0 atom stereocenters. The van der Waals surface area contributed by atoms with Gasteiger partial charge in [0.05, 0.1) is 0 Å². The van der Waals surface area contributed by atoms with Crippen LogP contribution in [0.2, 0.25) is 0 Å². The van der Waals surface area contributed by atoms with Crippen molar-refractivity contribution in [1.82, 2.24) is 0 Å². The van der Waals surface area contributed by atoms with Crippen molar-refractivity contribution in [1.29, 1.82) is 0 Å². The molecule has 2 aliphatic carbocycles. The van der Waals surface area contributed by atoms with Crippen molar-refractivity contribution in [2.24, 2.45) is 17.8 Å². The van der Waals surface area contributed by atoms with Gasteiger partial charge in [-0.05, 0) is 86.0 Å². The molecule has 0 radical (unpaired) electrons. The fraction of sp³-hybridized carbons (Fsp3) is 0.652. The van der Waals surface area contributed by atoms with Crippen molar-refractivity contribution < 1.29 is 22.0 Å². The average Bonchev–Trinajstić information content (AvgIpc) is 2.66. The summed E-state index contributed by atoms with van der Waals surface area (Å²) in [6.45, 7) is 2.26. The van der Waals surface area contributed by atoms with Crippen molar-refractivity contribution in [3.05, 3.63) is 41.0 Å². The molecule has 0 aliphatic heterocycles. The van der Waals surface area contributed by atoms with E-state index in [0.717, 1.165) is 37.5 Å². The van der Waals surface area contributed by atoms with Gasteiger partial charge >= 0.3 is 6.18 Å². The first kappa shape index (κ1) is 21.3. The monoisotopic (exact) mass is 400 g/mol. The highest BCUT2D eigenvalue weighted by Crippen LogP contribution is 2.44. The van der Waals surface area contributed by atoms with Crippen LogP contribution in [0.15, 0.2) is 18.2 Å². The third-order valence-corrected chi connectivity index (χ3v) is 6.92. The third-order valence-electron chi connectivity index (χ3n) is 6.92. The zero-order valence-corrected chi connectivity index (χ0v) is 16.4. The minimum absolute atomic E-state index is 0.0906. The molecule has 0 unspecified atom stereocenters. The summed E-state index contributed by atoms with van der Waals surface area (Å²) in [4.78, 5) is 0. The van der Waals surface area contributed by atoms with Crippen LogP contribution in [0.25, 0.3) is 6.08 Å². The molecule has 0 heterocycles. The first-order valence-electron chi connectivity index (χ1n) is 10.5. The van der Waals surface area contributed by atoms with Crippen LogP contribution in [-0.4, -0.2) is 6.18 Å². The van der Waals surface area contributed by atoms with E-state index in [1.54, 1.807) is 0 Å². The molecular weight excluding hydrogens is 371 g/mol. The molecule has 1 aromatic carbocycles. The molecule has 28 heavy (non-hydrogen) atoms. The van der Waals surface area contributed by atoms with E-state index in [9.17, 15) is 22.0 Å². The van der Waals surface area contributed by atoms with Gasteiger partial charge in [0.25, 0.3) is 0 Å². The lowest BCUT2D eigenvalue weighted by Crippen LogP contribution is -2.25. The van der Waals surface area contributed by atoms with Gasteiger partial charge in [-0.2, -0.15) is 13.2 Å². The molecule has 0 saturated heterocycles. The highest BCUT2D eigenvalue weighted by molar-refractivity contribution is 5.52. The topological polar surface area (TPSA) is 0 Å². The number of allylic oxidation sites excluding steroid dienone is 1. The Hall–Kier alpha value is -1.39. The molecule has 3 rings (SSSR count). The van der Waals surface area contributed by atoms with Gasteiger partial charge in [-0.1, -0.05) is 26.2 Å². The van der Waals surface area contributed by atoms with Crippen LogP contribution >= 0.6 is 0 Å². The summed E-state index contributed by atoms with van der Waals surface area (Å²) in [5.41, 5.74) is -0.0465. The second-order valence-electron chi connectivity index (χ2n) is 8.57.